The van der Waals surface area contributed by atoms with Crippen LogP contribution in [0.15, 0.2) is 40.7 Å². The molecule has 4 rings (SSSR count). The molecule has 1 aromatic heterocycles. The number of hydrogen-bond acceptors (Lipinski definition) is 5. The first-order valence-electron chi connectivity index (χ1n) is 9.56. The predicted molar refractivity (Wildman–Crippen MR) is 109 cm³/mol. The van der Waals surface area contributed by atoms with E-state index in [4.69, 9.17) is 16.7 Å². The Balaban J connectivity index is 1.73. The predicted octanol–water partition coefficient (Wildman–Crippen LogP) is 5.24. The van der Waals surface area contributed by atoms with Crippen molar-refractivity contribution < 1.29 is 4.79 Å². The average molecular weight is 403 g/mol. The van der Waals surface area contributed by atoms with E-state index < -0.39 is 0 Å². The lowest BCUT2D eigenvalue weighted by Gasteiger charge is -2.32. The molecule has 142 valence electrons. The van der Waals surface area contributed by atoms with Crippen molar-refractivity contribution in [3.8, 4) is 0 Å². The van der Waals surface area contributed by atoms with Gasteiger partial charge in [0.05, 0.1) is 0 Å². The summed E-state index contributed by atoms with van der Waals surface area (Å²) in [4.78, 5) is 17.5. The molecule has 0 unspecified atom stereocenters. The fourth-order valence-corrected chi connectivity index (χ4v) is 4.76. The number of halogens is 1. The molecule has 0 fully saturated rings. The zero-order valence-corrected chi connectivity index (χ0v) is 16.9. The number of nitrogens with one attached hydrogen (secondary N) is 1. The lowest BCUT2D eigenvalue weighted by molar-refractivity contribution is -0.116. The smallest absolute Gasteiger partial charge is 0.227 e. The van der Waals surface area contributed by atoms with E-state index in [9.17, 15) is 4.79 Å². The number of hydrogen-bond donors (Lipinski definition) is 1. The number of ketones is 1. The molecule has 0 amide bonds. The fraction of sp³-hybridized carbons (Fsp3) is 0.450. The average Bonchev–Trinajstić information content (AvgIpc) is 3.07. The molecule has 5 nitrogen and oxygen atoms in total. The van der Waals surface area contributed by atoms with Gasteiger partial charge in [0.15, 0.2) is 5.78 Å². The minimum atomic E-state index is -0.310. The second kappa shape index (κ2) is 8.07. The summed E-state index contributed by atoms with van der Waals surface area (Å²) in [7, 11) is 0. The number of benzene rings is 1. The first kappa shape index (κ1) is 18.6. The van der Waals surface area contributed by atoms with E-state index in [0.717, 1.165) is 47.0 Å². The number of rotatable bonds is 6. The molecule has 7 heteroatoms. The number of aromatic nitrogens is 3. The summed E-state index contributed by atoms with van der Waals surface area (Å²) in [6, 6.07) is 7.39. The fourth-order valence-electron chi connectivity index (χ4n) is 3.70. The van der Waals surface area contributed by atoms with Gasteiger partial charge in [0.1, 0.15) is 6.04 Å². The minimum Gasteiger partial charge on any atom is -0.328 e. The van der Waals surface area contributed by atoms with Gasteiger partial charge < -0.3 is 5.32 Å². The lowest BCUT2D eigenvalue weighted by Crippen LogP contribution is -2.31. The standard InChI is InChI=1S/C20H23ClN4OS/c1-2-3-6-12-27-20-23-19-22-15-10-7-11-16(26)17(15)18(25(19)24-20)13-8-4-5-9-14(13)21/h4-5,8-9,18H,2-3,6-7,10-12H2,1H3,(H,22,23,24)/t18-/m1/s1. The van der Waals surface area contributed by atoms with Gasteiger partial charge in [-0.1, -0.05) is 61.3 Å². The molecule has 0 saturated heterocycles. The van der Waals surface area contributed by atoms with Crippen LogP contribution in [0.25, 0.3) is 0 Å². The molecule has 1 aliphatic carbocycles. The summed E-state index contributed by atoms with van der Waals surface area (Å²) in [6.45, 7) is 2.20. The Bertz CT molecular complexity index is 892. The van der Waals surface area contributed by atoms with Crippen molar-refractivity contribution in [1.29, 1.82) is 0 Å². The monoisotopic (exact) mass is 402 g/mol. The first-order valence-corrected chi connectivity index (χ1v) is 10.9. The summed E-state index contributed by atoms with van der Waals surface area (Å²) in [5.41, 5.74) is 2.66. The maximum absolute atomic E-state index is 12.8. The van der Waals surface area contributed by atoms with Gasteiger partial charge in [-0.05, 0) is 25.3 Å². The highest BCUT2D eigenvalue weighted by atomic mass is 35.5. The third-order valence-corrected chi connectivity index (χ3v) is 6.30. The molecule has 0 spiro atoms. The van der Waals surface area contributed by atoms with E-state index in [1.807, 2.05) is 28.9 Å². The van der Waals surface area contributed by atoms with Crippen LogP contribution in [0.3, 0.4) is 0 Å². The zero-order chi connectivity index (χ0) is 18.8. The molecule has 2 heterocycles. The molecule has 0 bridgehead atoms. The molecule has 2 aliphatic rings. The van der Waals surface area contributed by atoms with Crippen molar-refractivity contribution in [3.05, 3.63) is 46.1 Å². The summed E-state index contributed by atoms with van der Waals surface area (Å²) >= 11 is 8.18. The number of carbonyl (C=O) groups is 1. The Kier molecular flexibility index (Phi) is 5.55. The van der Waals surface area contributed by atoms with Crippen LogP contribution in [0.5, 0.6) is 0 Å². The van der Waals surface area contributed by atoms with E-state index in [0.29, 0.717) is 17.4 Å². The van der Waals surface area contributed by atoms with Crippen LogP contribution in [0.4, 0.5) is 5.95 Å². The minimum absolute atomic E-state index is 0.173. The maximum atomic E-state index is 12.8. The highest BCUT2D eigenvalue weighted by Gasteiger charge is 2.37. The number of allylic oxidation sites excluding steroid dienone is 2. The van der Waals surface area contributed by atoms with E-state index in [-0.39, 0.29) is 11.8 Å². The van der Waals surface area contributed by atoms with Crippen molar-refractivity contribution >= 4 is 35.1 Å². The van der Waals surface area contributed by atoms with Crippen LogP contribution >= 0.6 is 23.4 Å². The van der Waals surface area contributed by atoms with Crippen LogP contribution in [-0.4, -0.2) is 26.3 Å². The second-order valence-corrected chi connectivity index (χ2v) is 8.41. The molecule has 2 aromatic rings. The van der Waals surface area contributed by atoms with Gasteiger partial charge in [-0.15, -0.1) is 5.10 Å². The third kappa shape index (κ3) is 3.65. The molecule has 1 aliphatic heterocycles. The first-order chi connectivity index (χ1) is 13.2. The molecule has 1 atom stereocenters. The van der Waals surface area contributed by atoms with Crippen LogP contribution in [0.1, 0.15) is 57.1 Å². The van der Waals surface area contributed by atoms with Crippen molar-refractivity contribution in [2.75, 3.05) is 11.1 Å². The Morgan fingerprint density at radius 1 is 1.30 bits per heavy atom. The van der Waals surface area contributed by atoms with Crippen LogP contribution < -0.4 is 5.32 Å². The zero-order valence-electron chi connectivity index (χ0n) is 15.4. The summed E-state index contributed by atoms with van der Waals surface area (Å²) in [6.07, 6.45) is 5.86. The number of unbranched alkanes of at least 4 members (excludes halogenated alkanes) is 2. The Morgan fingerprint density at radius 2 is 2.15 bits per heavy atom. The third-order valence-electron chi connectivity index (χ3n) is 5.03. The highest BCUT2D eigenvalue weighted by molar-refractivity contribution is 7.99. The van der Waals surface area contributed by atoms with Crippen molar-refractivity contribution in [1.82, 2.24) is 14.8 Å². The van der Waals surface area contributed by atoms with Crippen LogP contribution in [0.2, 0.25) is 5.02 Å². The number of anilines is 1. The van der Waals surface area contributed by atoms with Gasteiger partial charge in [-0.3, -0.25) is 4.79 Å². The second-order valence-electron chi connectivity index (χ2n) is 6.94. The summed E-state index contributed by atoms with van der Waals surface area (Å²) < 4.78 is 1.84. The highest BCUT2D eigenvalue weighted by Crippen LogP contribution is 2.42. The van der Waals surface area contributed by atoms with E-state index in [1.54, 1.807) is 11.8 Å². The topological polar surface area (TPSA) is 59.8 Å². The van der Waals surface area contributed by atoms with Crippen LogP contribution in [0, 0.1) is 0 Å². The molecule has 0 saturated carbocycles. The van der Waals surface area contributed by atoms with Gasteiger partial charge in [-0.25, -0.2) is 4.68 Å². The number of carbonyl (C=O) groups excluding carboxylic acids is 1. The quantitative estimate of drug-likeness (QED) is 0.529. The van der Waals surface area contributed by atoms with Gasteiger partial charge >= 0.3 is 0 Å². The summed E-state index contributed by atoms with van der Waals surface area (Å²) in [5, 5.41) is 9.49. The normalized spacial score (nSPS) is 18.9. The number of thioether (sulfide) groups is 1. The Hall–Kier alpha value is -1.79. The van der Waals surface area contributed by atoms with E-state index >= 15 is 0 Å². The largest absolute Gasteiger partial charge is 0.328 e. The van der Waals surface area contributed by atoms with E-state index in [2.05, 4.69) is 17.2 Å². The van der Waals surface area contributed by atoms with Crippen molar-refractivity contribution in [2.45, 2.75) is 56.6 Å². The molecular weight excluding hydrogens is 380 g/mol. The molecule has 1 N–H and O–H groups in total. The summed E-state index contributed by atoms with van der Waals surface area (Å²) in [5.74, 6) is 1.87. The number of fused-ring (bicyclic) bond motifs is 1. The van der Waals surface area contributed by atoms with Gasteiger partial charge in [-0.2, -0.15) is 4.98 Å². The van der Waals surface area contributed by atoms with E-state index in [1.165, 1.54) is 12.8 Å². The van der Waals surface area contributed by atoms with Gasteiger partial charge in [0, 0.05) is 34.0 Å². The molecule has 1 aromatic carbocycles. The van der Waals surface area contributed by atoms with Gasteiger partial charge in [0.25, 0.3) is 0 Å². The van der Waals surface area contributed by atoms with Crippen LogP contribution in [-0.2, 0) is 4.79 Å². The van der Waals surface area contributed by atoms with Crippen molar-refractivity contribution in [2.24, 2.45) is 0 Å². The molecule has 0 radical (unpaired) electrons. The molecular formula is C20H23ClN4OS. The number of nitrogens with zero attached hydrogens (tertiary/aromatic N) is 3. The SMILES string of the molecule is CCCCCSc1nc2n(n1)[C@H](c1ccccc1Cl)C1=C(CCCC1=O)N2. The molecule has 27 heavy (non-hydrogen) atoms. The van der Waals surface area contributed by atoms with Gasteiger partial charge in [0.2, 0.25) is 11.1 Å². The van der Waals surface area contributed by atoms with Crippen molar-refractivity contribution in [3.63, 3.8) is 0 Å². The lowest BCUT2D eigenvalue weighted by atomic mass is 9.85. The Morgan fingerprint density at radius 3 is 2.96 bits per heavy atom. The number of Topliss-reactive ketones (excluding diaryl/α,β-unsaturated/α-hetero) is 1. The maximum Gasteiger partial charge on any atom is 0.227 e. The Labute approximate surface area is 168 Å².